The first-order valence-corrected chi connectivity index (χ1v) is 30.0. The maximum Gasteiger partial charge on any atom is 0.411 e. The number of fused-ring (bicyclic) bond motifs is 5. The molecule has 4 aromatic rings. The second kappa shape index (κ2) is 25.0. The van der Waals surface area contributed by atoms with E-state index >= 15 is 4.39 Å². The lowest BCUT2D eigenvalue weighted by atomic mass is 9.81. The number of aliphatic hydroxyl groups excluding tert-OH is 3. The number of imide groups is 1. The van der Waals surface area contributed by atoms with Crippen molar-refractivity contribution in [2.45, 2.75) is 122 Å². The molecule has 468 valence electrons. The van der Waals surface area contributed by atoms with Crippen molar-refractivity contribution in [3.63, 3.8) is 0 Å². The monoisotopic (exact) mass is 1240 g/mol. The van der Waals surface area contributed by atoms with Gasteiger partial charge in [-0.3, -0.25) is 38.6 Å². The summed E-state index contributed by atoms with van der Waals surface area (Å²) in [4.78, 5) is 126. The summed E-state index contributed by atoms with van der Waals surface area (Å²) >= 11 is 0. The number of likely N-dealkylation sites (tertiary alicyclic amines) is 1. The minimum atomic E-state index is -3.72. The number of aliphatic hydroxyl groups is 4. The van der Waals surface area contributed by atoms with Gasteiger partial charge in [0.05, 0.1) is 53.0 Å². The zero-order valence-electron chi connectivity index (χ0n) is 48.2. The number of likely N-dealkylation sites (N-methyl/N-ethyl adjacent to an activating group) is 1. The molecule has 28 nitrogen and oxygen atoms in total. The van der Waals surface area contributed by atoms with Crippen LogP contribution in [0.3, 0.4) is 0 Å². The molecule has 30 heteroatoms. The number of carboxylic acids is 1. The van der Waals surface area contributed by atoms with Crippen molar-refractivity contribution in [2.24, 2.45) is 11.8 Å². The van der Waals surface area contributed by atoms with Crippen molar-refractivity contribution < 1.29 is 100 Å². The highest BCUT2D eigenvalue weighted by atomic mass is 32.2. The number of anilines is 1. The van der Waals surface area contributed by atoms with Gasteiger partial charge in [0.25, 0.3) is 5.56 Å². The molecule has 4 unspecified atom stereocenters. The van der Waals surface area contributed by atoms with Crippen LogP contribution in [0.5, 0.6) is 5.75 Å². The normalized spacial score (nSPS) is 23.0. The van der Waals surface area contributed by atoms with Crippen LogP contribution in [-0.2, 0) is 94.1 Å². The topological polar surface area (TPSA) is 387 Å². The minimum Gasteiger partial charge on any atom is -0.479 e. The van der Waals surface area contributed by atoms with Crippen LogP contribution in [0.4, 0.5) is 14.9 Å². The van der Waals surface area contributed by atoms with Gasteiger partial charge in [0, 0.05) is 67.7 Å². The molecule has 6 amide bonds. The summed E-state index contributed by atoms with van der Waals surface area (Å²) in [5.74, 6) is -7.69. The number of nitrogens with one attached hydrogen (secondary N) is 2. The number of esters is 1. The quantitative estimate of drug-likeness (QED) is 0.0297. The van der Waals surface area contributed by atoms with Gasteiger partial charge >= 0.3 is 18.0 Å². The molecule has 1 aliphatic carbocycles. The summed E-state index contributed by atoms with van der Waals surface area (Å²) in [7, 11) is -2.44. The van der Waals surface area contributed by atoms with Crippen LogP contribution in [0.15, 0.2) is 35.1 Å². The lowest BCUT2D eigenvalue weighted by Crippen LogP contribution is -2.61. The lowest BCUT2D eigenvalue weighted by molar-refractivity contribution is -0.271. The van der Waals surface area contributed by atoms with Crippen molar-refractivity contribution in [3.8, 4) is 17.1 Å². The van der Waals surface area contributed by atoms with Crippen molar-refractivity contribution in [1.82, 2.24) is 29.6 Å². The number of sulfone groups is 1. The summed E-state index contributed by atoms with van der Waals surface area (Å²) in [5.41, 5.74) is 0.279. The van der Waals surface area contributed by atoms with E-state index in [4.69, 9.17) is 28.7 Å². The van der Waals surface area contributed by atoms with Crippen LogP contribution < -0.4 is 20.9 Å². The minimum absolute atomic E-state index is 0.00861. The Labute approximate surface area is 496 Å². The first-order valence-electron chi connectivity index (χ1n) is 27.9. The molecule has 8 atom stereocenters. The number of pyridine rings is 2. The zero-order chi connectivity index (χ0) is 63.3. The Morgan fingerprint density at radius 1 is 1.00 bits per heavy atom. The molecule has 2 aromatic heterocycles. The summed E-state index contributed by atoms with van der Waals surface area (Å²) < 4.78 is 69.2. The maximum absolute atomic E-state index is 15.5. The van der Waals surface area contributed by atoms with Crippen LogP contribution in [0.2, 0.25) is 0 Å². The molecule has 6 heterocycles. The predicted octanol–water partition coefficient (Wildman–Crippen LogP) is 0.377. The van der Waals surface area contributed by atoms with Gasteiger partial charge in [0.15, 0.2) is 11.7 Å². The third-order valence-corrected chi connectivity index (χ3v) is 17.3. The van der Waals surface area contributed by atoms with Gasteiger partial charge in [0.1, 0.15) is 66.3 Å². The molecule has 0 radical (unpaired) electrons. The molecule has 2 saturated heterocycles. The number of aliphatic carboxylic acids is 1. The van der Waals surface area contributed by atoms with Crippen LogP contribution in [0.1, 0.15) is 91.4 Å². The van der Waals surface area contributed by atoms with Crippen molar-refractivity contribution in [2.75, 3.05) is 57.3 Å². The van der Waals surface area contributed by atoms with Crippen molar-refractivity contribution >= 4 is 74.0 Å². The largest absolute Gasteiger partial charge is 0.479 e. The van der Waals surface area contributed by atoms with E-state index in [9.17, 15) is 77.1 Å². The summed E-state index contributed by atoms with van der Waals surface area (Å²) in [6.07, 6.45) is -10.3. The molecule has 2 fully saturated rings. The standard InChI is InChI=1S/C57H66FN7O21S/c1-7-57(79)33-18-38-46-31(20-65(38)52(74)32(33)23-83-55(57)77)45-35(10-9-29-27(4)34(58)19-37(61-46)44(29)45)59-41(67)24-82-25-63(14-15-87(6,80)81)56(78)84-22-28-8-11-39(85-54-49(72)47(70)48(71)50(86-54)53(75)76)36(16-28)60-40(66)21-62(5)42(68)12-13-64-43(69)17-30(26(2)3)51(64)73/h8,11,16,18-19,26,30,35,47-50,54,70-72,79H,7,9-10,12-15,17,20-25H2,1-6H3,(H,59,67)(H,60,66)(H,75,76)/t30?,35-,47?,48+,49?,50?,54+,57-/m1/s1. The Morgan fingerprint density at radius 3 is 2.41 bits per heavy atom. The number of benzene rings is 2. The Balaban J connectivity index is 0.893. The van der Waals surface area contributed by atoms with Gasteiger partial charge in [-0.15, -0.1) is 0 Å². The number of aromatic nitrogens is 2. The number of carbonyl (C=O) groups is 8. The molecular formula is C57H66FN7O21S. The van der Waals surface area contributed by atoms with E-state index in [2.05, 4.69) is 10.6 Å². The molecule has 7 N–H and O–H groups in total. The van der Waals surface area contributed by atoms with Crippen LogP contribution >= 0.6 is 0 Å². The van der Waals surface area contributed by atoms with E-state index in [-0.39, 0.29) is 96.3 Å². The average molecular weight is 1240 g/mol. The number of hydrogen-bond acceptors (Lipinski definition) is 21. The molecule has 0 saturated carbocycles. The molecule has 0 spiro atoms. The van der Waals surface area contributed by atoms with E-state index in [1.165, 1.54) is 41.9 Å². The summed E-state index contributed by atoms with van der Waals surface area (Å²) in [6, 6.07) is 5.72. The number of nitrogens with zero attached hydrogens (tertiary/aromatic N) is 5. The number of aryl methyl sites for hydroxylation is 1. The van der Waals surface area contributed by atoms with E-state index < -0.39 is 156 Å². The Bertz CT molecular complexity index is 3690. The molecule has 2 aromatic carbocycles. The SMILES string of the molecule is CC[C@]1(O)C(=O)OCc2c1cc1n(c2=O)Cc2c-1nc1cc(F)c(C)c3c1c2[C@H](NC(=O)COCN(CCS(C)(=O)=O)C(=O)OCc1ccc(O[C@H]2OC(C(=O)O)[C@@H](O)C(O)C2O)c(NC(=O)CN(C)C(=O)CCN2C(=O)CC(C(C)C)C2=O)c1)CC3. The number of hydrogen-bond donors (Lipinski definition) is 7. The van der Waals surface area contributed by atoms with Gasteiger partial charge < -0.3 is 69.3 Å². The number of halogens is 1. The summed E-state index contributed by atoms with van der Waals surface area (Å²) in [5, 5.41) is 58.5. The predicted molar refractivity (Wildman–Crippen MR) is 298 cm³/mol. The Morgan fingerprint density at radius 2 is 1.74 bits per heavy atom. The van der Waals surface area contributed by atoms with Crippen molar-refractivity contribution in [3.05, 3.63) is 85.4 Å². The van der Waals surface area contributed by atoms with E-state index in [0.29, 0.717) is 34.1 Å². The fraction of sp³-hybridized carbons (Fsp3) is 0.509. The highest BCUT2D eigenvalue weighted by molar-refractivity contribution is 7.90. The number of amides is 6. The van der Waals surface area contributed by atoms with E-state index in [0.717, 1.165) is 21.0 Å². The number of carboxylic acid groups (broad SMARTS) is 1. The molecule has 4 aliphatic heterocycles. The first kappa shape index (κ1) is 63.5. The third-order valence-electron chi connectivity index (χ3n) is 16.4. The van der Waals surface area contributed by atoms with Crippen LogP contribution in [0.25, 0.3) is 22.3 Å². The Kier molecular flexibility index (Phi) is 18.2. The van der Waals surface area contributed by atoms with Gasteiger partial charge in [-0.25, -0.2) is 32.2 Å². The number of cyclic esters (lactones) is 1. The van der Waals surface area contributed by atoms with Gasteiger partial charge in [-0.2, -0.15) is 0 Å². The highest BCUT2D eigenvalue weighted by Crippen LogP contribution is 2.46. The molecule has 87 heavy (non-hydrogen) atoms. The molecular weight excluding hydrogens is 1170 g/mol. The first-order chi connectivity index (χ1) is 41.0. The van der Waals surface area contributed by atoms with Gasteiger partial charge in [-0.05, 0) is 72.6 Å². The third kappa shape index (κ3) is 12.7. The second-order valence-electron chi connectivity index (χ2n) is 22.6. The fourth-order valence-corrected chi connectivity index (χ4v) is 12.0. The van der Waals surface area contributed by atoms with E-state index in [1.807, 2.05) is 0 Å². The summed E-state index contributed by atoms with van der Waals surface area (Å²) in [6.45, 7) is 3.09. The number of carbonyl (C=O) groups excluding carboxylic acids is 7. The van der Waals surface area contributed by atoms with Gasteiger partial charge in [0.2, 0.25) is 35.8 Å². The average Bonchev–Trinajstić information content (AvgIpc) is 1.66. The van der Waals surface area contributed by atoms with E-state index in [1.54, 1.807) is 27.7 Å². The van der Waals surface area contributed by atoms with Crippen LogP contribution in [0, 0.1) is 24.6 Å². The smallest absolute Gasteiger partial charge is 0.411 e. The number of ether oxygens (including phenoxy) is 5. The maximum atomic E-state index is 15.5. The molecule has 9 rings (SSSR count). The second-order valence-corrected chi connectivity index (χ2v) is 24.8. The fourth-order valence-electron chi connectivity index (χ4n) is 11.4. The Hall–Kier alpha value is -8.00. The number of rotatable bonds is 21. The molecule has 5 aliphatic rings. The molecule has 0 bridgehead atoms. The lowest BCUT2D eigenvalue weighted by Gasteiger charge is -2.38. The van der Waals surface area contributed by atoms with Crippen LogP contribution in [-0.4, -0.2) is 189 Å². The zero-order valence-corrected chi connectivity index (χ0v) is 49.0. The highest BCUT2D eigenvalue weighted by Gasteiger charge is 2.49. The van der Waals surface area contributed by atoms with Crippen molar-refractivity contribution in [1.29, 1.82) is 0 Å². The van der Waals surface area contributed by atoms with Gasteiger partial charge in [-0.1, -0.05) is 26.8 Å².